The van der Waals surface area contributed by atoms with Crippen LogP contribution in [0.4, 0.5) is 0 Å². The van der Waals surface area contributed by atoms with E-state index in [0.29, 0.717) is 6.61 Å². The van der Waals surface area contributed by atoms with Gasteiger partial charge < -0.3 is 33.9 Å². The molecule has 0 heterocycles. The van der Waals surface area contributed by atoms with Crippen LogP contribution in [0.5, 0.6) is 0 Å². The summed E-state index contributed by atoms with van der Waals surface area (Å²) in [5.74, 6) is -0.474. The molecule has 0 bridgehead atoms. The third kappa shape index (κ3) is 13.4. The Kier molecular flexibility index (Phi) is 13.9. The number of aliphatic hydroxyl groups excluding tert-OH is 2. The number of hydrogen-bond donors (Lipinski definition) is 2. The summed E-state index contributed by atoms with van der Waals surface area (Å²) in [7, 11) is 0. The van der Waals surface area contributed by atoms with Gasteiger partial charge in [-0.05, 0) is 41.5 Å². The van der Waals surface area contributed by atoms with Crippen LogP contribution in [-0.4, -0.2) is 85.8 Å². The van der Waals surface area contributed by atoms with E-state index in [1.165, 1.54) is 0 Å². The molecule has 0 rings (SSSR count). The van der Waals surface area contributed by atoms with Crippen molar-refractivity contribution in [3.63, 3.8) is 0 Å². The van der Waals surface area contributed by atoms with Gasteiger partial charge in [-0.3, -0.25) is 0 Å². The number of carbonyl (C=O) groups is 1. The van der Waals surface area contributed by atoms with Crippen LogP contribution in [0.3, 0.4) is 0 Å². The molecule has 0 amide bonds. The van der Waals surface area contributed by atoms with Gasteiger partial charge in [0.1, 0.15) is 6.10 Å². The lowest BCUT2D eigenvalue weighted by atomic mass is 10.3. The lowest BCUT2D eigenvalue weighted by Gasteiger charge is -2.21. The summed E-state index contributed by atoms with van der Waals surface area (Å²) in [5, 5.41) is 18.1. The number of aliphatic hydroxyl groups is 2. The second-order valence-corrected chi connectivity index (χ2v) is 6.69. The summed E-state index contributed by atoms with van der Waals surface area (Å²) in [6, 6.07) is 0. The fourth-order valence-corrected chi connectivity index (χ4v) is 1.73. The van der Waals surface area contributed by atoms with E-state index >= 15 is 0 Å². The highest BCUT2D eigenvalue weighted by atomic mass is 16.6. The van der Waals surface area contributed by atoms with E-state index in [9.17, 15) is 4.79 Å². The maximum absolute atomic E-state index is 12.0. The molecule has 0 aromatic heterocycles. The predicted molar refractivity (Wildman–Crippen MR) is 96.0 cm³/mol. The van der Waals surface area contributed by atoms with Gasteiger partial charge in [-0.1, -0.05) is 0 Å². The molecule has 0 saturated carbocycles. The van der Waals surface area contributed by atoms with E-state index < -0.39 is 24.3 Å². The van der Waals surface area contributed by atoms with Gasteiger partial charge in [0.15, 0.2) is 6.10 Å². The Bertz CT molecular complexity index is 363. The highest BCUT2D eigenvalue weighted by molar-refractivity contribution is 5.74. The minimum atomic E-state index is -0.720. The third-order valence-electron chi connectivity index (χ3n) is 3.34. The maximum Gasteiger partial charge on any atom is 0.335 e. The molecule has 0 saturated heterocycles. The van der Waals surface area contributed by atoms with Crippen molar-refractivity contribution in [3.8, 4) is 0 Å². The highest BCUT2D eigenvalue weighted by Crippen LogP contribution is 2.04. The molecule has 156 valence electrons. The van der Waals surface area contributed by atoms with Crippen molar-refractivity contribution < 1.29 is 38.7 Å². The molecule has 0 aliphatic rings. The monoisotopic (exact) mass is 380 g/mol. The number of carbonyl (C=O) groups excluding carboxylic acids is 1. The van der Waals surface area contributed by atoms with Crippen LogP contribution >= 0.6 is 0 Å². The Morgan fingerprint density at radius 3 is 1.73 bits per heavy atom. The van der Waals surface area contributed by atoms with E-state index in [2.05, 4.69) is 0 Å². The molecule has 2 N–H and O–H groups in total. The van der Waals surface area contributed by atoms with Gasteiger partial charge in [-0.15, -0.1) is 0 Å². The van der Waals surface area contributed by atoms with Crippen molar-refractivity contribution in [2.45, 2.75) is 78.2 Å². The van der Waals surface area contributed by atoms with Crippen LogP contribution < -0.4 is 0 Å². The summed E-state index contributed by atoms with van der Waals surface area (Å²) < 4.78 is 27.0. The second kappa shape index (κ2) is 14.3. The first-order chi connectivity index (χ1) is 12.1. The molecule has 0 aromatic rings. The van der Waals surface area contributed by atoms with Crippen molar-refractivity contribution in [1.82, 2.24) is 0 Å². The average molecular weight is 380 g/mol. The van der Waals surface area contributed by atoms with Gasteiger partial charge in [0, 0.05) is 0 Å². The van der Waals surface area contributed by atoms with E-state index in [-0.39, 0.29) is 44.7 Å². The van der Waals surface area contributed by atoms with Crippen molar-refractivity contribution >= 4 is 5.97 Å². The molecule has 8 nitrogen and oxygen atoms in total. The van der Waals surface area contributed by atoms with E-state index in [1.807, 2.05) is 13.8 Å². The first-order valence-corrected chi connectivity index (χ1v) is 9.11. The van der Waals surface area contributed by atoms with E-state index in [4.69, 9.17) is 33.9 Å². The second-order valence-electron chi connectivity index (χ2n) is 6.69. The van der Waals surface area contributed by atoms with Gasteiger partial charge in [0.2, 0.25) is 0 Å². The number of ether oxygens (including phenoxy) is 5. The maximum atomic E-state index is 12.0. The molecule has 0 radical (unpaired) electrons. The molecule has 0 spiro atoms. The molecule has 26 heavy (non-hydrogen) atoms. The molecule has 0 aromatic carbocycles. The largest absolute Gasteiger partial charge is 0.458 e. The average Bonchev–Trinajstić information content (AvgIpc) is 2.60. The minimum Gasteiger partial charge on any atom is -0.458 e. The van der Waals surface area contributed by atoms with Gasteiger partial charge in [-0.2, -0.15) is 0 Å². The van der Waals surface area contributed by atoms with Gasteiger partial charge in [0.05, 0.1) is 57.5 Å². The molecule has 0 fully saturated rings. The summed E-state index contributed by atoms with van der Waals surface area (Å²) in [4.78, 5) is 12.0. The van der Waals surface area contributed by atoms with Crippen molar-refractivity contribution in [2.75, 3.05) is 33.0 Å². The predicted octanol–water partition coefficient (Wildman–Crippen LogP) is 0.912. The number of hydrogen-bond acceptors (Lipinski definition) is 8. The minimum absolute atomic E-state index is 0.0826. The van der Waals surface area contributed by atoms with Gasteiger partial charge >= 0.3 is 5.97 Å². The zero-order valence-corrected chi connectivity index (χ0v) is 16.8. The Morgan fingerprint density at radius 2 is 1.19 bits per heavy atom. The summed E-state index contributed by atoms with van der Waals surface area (Å²) >= 11 is 0. The first kappa shape index (κ1) is 25.2. The smallest absolute Gasteiger partial charge is 0.335 e. The van der Waals surface area contributed by atoms with Gasteiger partial charge in [0.25, 0.3) is 0 Å². The Labute approximate surface area is 156 Å². The molecule has 6 atom stereocenters. The molecule has 0 aliphatic heterocycles. The number of esters is 1. The molecular formula is C18H36O8. The lowest BCUT2D eigenvalue weighted by Crippen LogP contribution is -2.32. The summed E-state index contributed by atoms with van der Waals surface area (Å²) in [6.45, 7) is 11.4. The van der Waals surface area contributed by atoms with E-state index in [0.717, 1.165) is 0 Å². The Morgan fingerprint density at radius 1 is 0.731 bits per heavy atom. The Balaban J connectivity index is 3.93. The standard InChI is InChI=1S/C18H36O8/c1-12(20)8-22-14(3)9-24-15(4)10-25-17(6)18(21)26-16(5)11-23-13(2)7-19/h12-17,19-20H,7-11H2,1-6H3. The van der Waals surface area contributed by atoms with E-state index in [1.54, 1.807) is 27.7 Å². The molecule has 8 heteroatoms. The summed E-state index contributed by atoms with van der Waals surface area (Å²) in [5.41, 5.74) is 0. The van der Waals surface area contributed by atoms with Crippen molar-refractivity contribution in [1.29, 1.82) is 0 Å². The zero-order chi connectivity index (χ0) is 20.1. The molecular weight excluding hydrogens is 344 g/mol. The highest BCUT2D eigenvalue weighted by Gasteiger charge is 2.20. The zero-order valence-electron chi connectivity index (χ0n) is 16.8. The molecule has 6 unspecified atom stereocenters. The van der Waals surface area contributed by atoms with Crippen LogP contribution in [0.25, 0.3) is 0 Å². The fraction of sp³-hybridized carbons (Fsp3) is 0.944. The lowest BCUT2D eigenvalue weighted by molar-refractivity contribution is -0.167. The summed E-state index contributed by atoms with van der Waals surface area (Å²) in [6.07, 6.45) is -2.31. The molecule has 0 aliphatic carbocycles. The first-order valence-electron chi connectivity index (χ1n) is 9.11. The Hall–Kier alpha value is -0.770. The van der Waals surface area contributed by atoms with Crippen molar-refractivity contribution in [3.05, 3.63) is 0 Å². The SMILES string of the molecule is CC(O)COC(C)COC(C)COC(C)C(=O)OC(C)COC(C)CO. The van der Waals surface area contributed by atoms with Crippen LogP contribution in [0.1, 0.15) is 41.5 Å². The fourth-order valence-electron chi connectivity index (χ4n) is 1.73. The van der Waals surface area contributed by atoms with Crippen LogP contribution in [0.2, 0.25) is 0 Å². The van der Waals surface area contributed by atoms with Crippen LogP contribution in [0.15, 0.2) is 0 Å². The quantitative estimate of drug-likeness (QED) is 0.404. The van der Waals surface area contributed by atoms with Crippen molar-refractivity contribution in [2.24, 2.45) is 0 Å². The number of rotatable bonds is 15. The van der Waals surface area contributed by atoms with Crippen LogP contribution in [0, 0.1) is 0 Å². The van der Waals surface area contributed by atoms with Gasteiger partial charge in [-0.25, -0.2) is 4.79 Å². The van der Waals surface area contributed by atoms with Crippen LogP contribution in [-0.2, 0) is 28.5 Å². The normalized spacial score (nSPS) is 18.6. The third-order valence-corrected chi connectivity index (χ3v) is 3.34. The topological polar surface area (TPSA) is 104 Å².